The number of halogens is 5. The lowest BCUT2D eigenvalue weighted by atomic mass is 10.2. The Hall–Kier alpha value is -1.63. The van der Waals surface area contributed by atoms with Gasteiger partial charge in [0, 0.05) is 0 Å². The van der Waals surface area contributed by atoms with Crippen LogP contribution in [0.1, 0.15) is 30.0 Å². The van der Waals surface area contributed by atoms with Crippen LogP contribution in [0.25, 0.3) is 5.69 Å². The first kappa shape index (κ1) is 14.8. The van der Waals surface area contributed by atoms with Crippen LogP contribution in [-0.4, -0.2) is 15.0 Å². The Morgan fingerprint density at radius 2 is 2.05 bits per heavy atom. The SMILES string of the molecule is CCC(Cl)c1cn(-c2cc(C(F)(F)F)ccc2F)nn1. The van der Waals surface area contributed by atoms with E-state index in [1.807, 2.05) is 6.92 Å². The van der Waals surface area contributed by atoms with Gasteiger partial charge in [-0.15, -0.1) is 16.7 Å². The molecule has 0 aliphatic carbocycles. The second kappa shape index (κ2) is 5.40. The van der Waals surface area contributed by atoms with Crippen molar-refractivity contribution in [3.63, 3.8) is 0 Å². The average Bonchev–Trinajstić information content (AvgIpc) is 2.86. The molecule has 8 heteroatoms. The third-order valence-electron chi connectivity index (χ3n) is 2.71. The minimum Gasteiger partial charge on any atom is -0.217 e. The maximum Gasteiger partial charge on any atom is 0.416 e. The first-order valence-electron chi connectivity index (χ1n) is 5.76. The van der Waals surface area contributed by atoms with Crippen LogP contribution in [0.3, 0.4) is 0 Å². The number of alkyl halides is 4. The van der Waals surface area contributed by atoms with Gasteiger partial charge in [-0.3, -0.25) is 0 Å². The highest BCUT2D eigenvalue weighted by molar-refractivity contribution is 6.20. The van der Waals surface area contributed by atoms with E-state index in [9.17, 15) is 17.6 Å². The fraction of sp³-hybridized carbons (Fsp3) is 0.333. The van der Waals surface area contributed by atoms with Gasteiger partial charge in [-0.05, 0) is 24.6 Å². The van der Waals surface area contributed by atoms with Gasteiger partial charge in [-0.2, -0.15) is 13.2 Å². The molecule has 1 aromatic heterocycles. The lowest BCUT2D eigenvalue weighted by molar-refractivity contribution is -0.137. The summed E-state index contributed by atoms with van der Waals surface area (Å²) in [5.74, 6) is -0.822. The van der Waals surface area contributed by atoms with E-state index < -0.39 is 22.9 Å². The fourth-order valence-electron chi connectivity index (χ4n) is 1.61. The molecule has 0 amide bonds. The maximum atomic E-state index is 13.6. The van der Waals surface area contributed by atoms with Gasteiger partial charge in [0.2, 0.25) is 0 Å². The Kier molecular flexibility index (Phi) is 3.99. The molecule has 0 fully saturated rings. The van der Waals surface area contributed by atoms with E-state index in [0.29, 0.717) is 24.2 Å². The first-order chi connectivity index (χ1) is 9.32. The Labute approximate surface area is 117 Å². The largest absolute Gasteiger partial charge is 0.416 e. The van der Waals surface area contributed by atoms with Gasteiger partial charge in [0.05, 0.1) is 17.1 Å². The van der Waals surface area contributed by atoms with Gasteiger partial charge in [-0.1, -0.05) is 12.1 Å². The summed E-state index contributed by atoms with van der Waals surface area (Å²) < 4.78 is 52.4. The van der Waals surface area contributed by atoms with Crippen molar-refractivity contribution in [2.24, 2.45) is 0 Å². The Morgan fingerprint density at radius 3 is 2.65 bits per heavy atom. The molecule has 108 valence electrons. The molecule has 2 aromatic rings. The molecule has 20 heavy (non-hydrogen) atoms. The van der Waals surface area contributed by atoms with E-state index in [4.69, 9.17) is 11.6 Å². The van der Waals surface area contributed by atoms with Gasteiger partial charge < -0.3 is 0 Å². The standard InChI is InChI=1S/C12H10ClF4N3/c1-2-8(13)10-6-20(19-18-10)11-5-7(12(15,16)17)3-4-9(11)14/h3-6,8H,2H2,1H3. The van der Waals surface area contributed by atoms with Gasteiger partial charge in [0.15, 0.2) is 0 Å². The second-order valence-corrected chi connectivity index (χ2v) is 4.65. The number of aromatic nitrogens is 3. The highest BCUT2D eigenvalue weighted by Gasteiger charge is 2.31. The summed E-state index contributed by atoms with van der Waals surface area (Å²) in [6, 6.07) is 2.10. The Bertz CT molecular complexity index is 609. The number of hydrogen-bond donors (Lipinski definition) is 0. The third-order valence-corrected chi connectivity index (χ3v) is 3.24. The highest BCUT2D eigenvalue weighted by atomic mass is 35.5. The predicted molar refractivity (Wildman–Crippen MR) is 65.2 cm³/mol. The number of hydrogen-bond acceptors (Lipinski definition) is 2. The summed E-state index contributed by atoms with van der Waals surface area (Å²) in [5.41, 5.74) is -0.895. The average molecular weight is 308 g/mol. The smallest absolute Gasteiger partial charge is 0.217 e. The van der Waals surface area contributed by atoms with Crippen molar-refractivity contribution in [1.82, 2.24) is 15.0 Å². The molecular formula is C12H10ClF4N3. The third kappa shape index (κ3) is 2.92. The van der Waals surface area contributed by atoms with Crippen LogP contribution >= 0.6 is 11.6 Å². The molecule has 0 saturated carbocycles. The van der Waals surface area contributed by atoms with Gasteiger partial charge in [-0.25, -0.2) is 9.07 Å². The summed E-state index contributed by atoms with van der Waals surface area (Å²) in [6.07, 6.45) is -2.66. The van der Waals surface area contributed by atoms with Crippen LogP contribution in [0, 0.1) is 5.82 Å². The summed E-state index contributed by atoms with van der Waals surface area (Å²) in [4.78, 5) is 0. The molecule has 0 spiro atoms. The zero-order chi connectivity index (χ0) is 14.9. The number of nitrogens with zero attached hydrogens (tertiary/aromatic N) is 3. The van der Waals surface area contributed by atoms with Crippen LogP contribution < -0.4 is 0 Å². The topological polar surface area (TPSA) is 30.7 Å². The molecule has 0 saturated heterocycles. The van der Waals surface area contributed by atoms with E-state index in [0.717, 1.165) is 10.7 Å². The van der Waals surface area contributed by atoms with Crippen LogP contribution in [0.5, 0.6) is 0 Å². The molecule has 0 bridgehead atoms. The van der Waals surface area contributed by atoms with Crippen molar-refractivity contribution in [3.8, 4) is 5.69 Å². The minimum absolute atomic E-state index is 0.321. The van der Waals surface area contributed by atoms with E-state index in [2.05, 4.69) is 10.3 Å². The molecule has 0 radical (unpaired) electrons. The monoisotopic (exact) mass is 307 g/mol. The van der Waals surface area contributed by atoms with E-state index >= 15 is 0 Å². The zero-order valence-corrected chi connectivity index (χ0v) is 11.1. The van der Waals surface area contributed by atoms with Gasteiger partial charge in [0.1, 0.15) is 17.2 Å². The molecule has 1 heterocycles. The summed E-state index contributed by atoms with van der Waals surface area (Å²) in [6.45, 7) is 1.82. The van der Waals surface area contributed by atoms with Crippen molar-refractivity contribution in [2.45, 2.75) is 24.9 Å². The Morgan fingerprint density at radius 1 is 1.35 bits per heavy atom. The van der Waals surface area contributed by atoms with Crippen LogP contribution in [0.4, 0.5) is 17.6 Å². The number of rotatable bonds is 3. The van der Waals surface area contributed by atoms with E-state index in [1.54, 1.807) is 0 Å². The van der Waals surface area contributed by atoms with Crippen molar-refractivity contribution in [2.75, 3.05) is 0 Å². The molecule has 2 rings (SSSR count). The quantitative estimate of drug-likeness (QED) is 0.631. The van der Waals surface area contributed by atoms with Gasteiger partial charge in [0.25, 0.3) is 0 Å². The maximum absolute atomic E-state index is 13.6. The highest BCUT2D eigenvalue weighted by Crippen LogP contribution is 2.31. The van der Waals surface area contributed by atoms with Crippen LogP contribution in [-0.2, 0) is 6.18 Å². The molecule has 3 nitrogen and oxygen atoms in total. The van der Waals surface area contributed by atoms with Crippen molar-refractivity contribution >= 4 is 11.6 Å². The first-order valence-corrected chi connectivity index (χ1v) is 6.20. The summed E-state index contributed by atoms with van der Waals surface area (Å²) >= 11 is 5.95. The molecule has 0 aliphatic rings. The summed E-state index contributed by atoms with van der Waals surface area (Å²) in [5, 5.41) is 6.92. The molecule has 1 atom stereocenters. The van der Waals surface area contributed by atoms with Crippen LogP contribution in [0.2, 0.25) is 0 Å². The minimum atomic E-state index is -4.55. The lowest BCUT2D eigenvalue weighted by Crippen LogP contribution is -2.08. The molecule has 1 unspecified atom stereocenters. The van der Waals surface area contributed by atoms with Crippen LogP contribution in [0.15, 0.2) is 24.4 Å². The zero-order valence-electron chi connectivity index (χ0n) is 10.3. The Balaban J connectivity index is 2.44. The number of benzene rings is 1. The van der Waals surface area contributed by atoms with Crippen molar-refractivity contribution in [1.29, 1.82) is 0 Å². The molecule has 0 N–H and O–H groups in total. The van der Waals surface area contributed by atoms with E-state index in [1.165, 1.54) is 6.20 Å². The van der Waals surface area contributed by atoms with Crippen molar-refractivity contribution in [3.05, 3.63) is 41.5 Å². The second-order valence-electron chi connectivity index (χ2n) is 4.13. The molecular weight excluding hydrogens is 298 g/mol. The molecule has 1 aromatic carbocycles. The fourth-order valence-corrected chi connectivity index (χ4v) is 1.71. The molecule has 0 aliphatic heterocycles. The van der Waals surface area contributed by atoms with Gasteiger partial charge >= 0.3 is 6.18 Å². The summed E-state index contributed by atoms with van der Waals surface area (Å²) in [7, 11) is 0. The normalized spacial score (nSPS) is 13.5. The van der Waals surface area contributed by atoms with Crippen molar-refractivity contribution < 1.29 is 17.6 Å². The predicted octanol–water partition coefficient (Wildman–Crippen LogP) is 4.12. The lowest BCUT2D eigenvalue weighted by Gasteiger charge is -2.09. The van der Waals surface area contributed by atoms with E-state index in [-0.39, 0.29) is 5.69 Å².